The zero-order valence-electron chi connectivity index (χ0n) is 20.9. The van der Waals surface area contributed by atoms with Gasteiger partial charge in [0.1, 0.15) is 0 Å². The second-order valence-electron chi connectivity index (χ2n) is 9.26. The number of hydrogen-bond donors (Lipinski definition) is 1. The minimum absolute atomic E-state index is 0.162. The van der Waals surface area contributed by atoms with E-state index >= 15 is 0 Å². The summed E-state index contributed by atoms with van der Waals surface area (Å²) >= 11 is 5.92. The lowest BCUT2D eigenvalue weighted by Crippen LogP contribution is -2.37. The number of sulfonamides is 1. The first-order chi connectivity index (χ1) is 17.4. The highest BCUT2D eigenvalue weighted by molar-refractivity contribution is 7.89. The number of nitrogens with one attached hydrogen (secondary N) is 1. The number of methoxy groups -OCH3 is 1. The minimum atomic E-state index is -3.62. The summed E-state index contributed by atoms with van der Waals surface area (Å²) in [5, 5.41) is 0.505. The van der Waals surface area contributed by atoms with Crippen LogP contribution in [0, 0.1) is 0 Å². The van der Waals surface area contributed by atoms with E-state index in [0.717, 1.165) is 45.1 Å². The molecule has 0 aliphatic carbocycles. The van der Waals surface area contributed by atoms with E-state index in [4.69, 9.17) is 16.3 Å². The van der Waals surface area contributed by atoms with Gasteiger partial charge in [-0.2, -0.15) is 0 Å². The maximum atomic E-state index is 12.9. The third kappa shape index (κ3) is 9.36. The van der Waals surface area contributed by atoms with Gasteiger partial charge in [-0.15, -0.1) is 0 Å². The van der Waals surface area contributed by atoms with Crippen molar-refractivity contribution in [3.63, 3.8) is 0 Å². The van der Waals surface area contributed by atoms with E-state index < -0.39 is 10.0 Å². The van der Waals surface area contributed by atoms with Gasteiger partial charge in [0, 0.05) is 30.1 Å². The molecule has 3 rings (SSSR count). The Kier molecular flexibility index (Phi) is 11.5. The molecule has 1 fully saturated rings. The Balaban J connectivity index is 1.54. The maximum absolute atomic E-state index is 12.9. The molecule has 2 atom stereocenters. The largest absolute Gasteiger partial charge is 0.469 e. The van der Waals surface area contributed by atoms with Crippen LogP contribution in [0.5, 0.6) is 0 Å². The Morgan fingerprint density at radius 1 is 1.08 bits per heavy atom. The zero-order chi connectivity index (χ0) is 25.8. The summed E-state index contributed by atoms with van der Waals surface area (Å²) in [5.41, 5.74) is 1.36. The van der Waals surface area contributed by atoms with E-state index in [1.54, 1.807) is 12.1 Å². The molecule has 1 heterocycles. The van der Waals surface area contributed by atoms with Crippen LogP contribution < -0.4 is 4.72 Å². The summed E-state index contributed by atoms with van der Waals surface area (Å²) in [6.45, 7) is 1.59. The van der Waals surface area contributed by atoms with Crippen molar-refractivity contribution in [1.29, 1.82) is 0 Å². The number of likely N-dealkylation sites (tertiary alicyclic amines) is 1. The van der Waals surface area contributed by atoms with E-state index in [9.17, 15) is 13.2 Å². The lowest BCUT2D eigenvalue weighted by atomic mass is 10.1. The van der Waals surface area contributed by atoms with Crippen LogP contribution in [0.4, 0.5) is 0 Å². The summed E-state index contributed by atoms with van der Waals surface area (Å²) < 4.78 is 33.4. The molecule has 2 aromatic carbocycles. The SMILES string of the molecule is COC(=O)CCC/C=C\[C@@H]1C[C@@H](NS(=O)(=O)c2ccc(Cl)cc2)CN1CCCCCc1ccccc1. The quantitative estimate of drug-likeness (QED) is 0.201. The number of rotatable bonds is 14. The molecular formula is C28H37ClN2O4S. The number of halogens is 1. The van der Waals surface area contributed by atoms with Gasteiger partial charge in [0.2, 0.25) is 10.0 Å². The molecule has 1 aliphatic heterocycles. The fourth-order valence-corrected chi connectivity index (χ4v) is 5.93. The first kappa shape index (κ1) is 28.4. The van der Waals surface area contributed by atoms with Crippen LogP contribution in [-0.2, 0) is 26.0 Å². The first-order valence-electron chi connectivity index (χ1n) is 12.7. The van der Waals surface area contributed by atoms with Crippen LogP contribution in [0.2, 0.25) is 5.02 Å². The van der Waals surface area contributed by atoms with Crippen molar-refractivity contribution in [1.82, 2.24) is 9.62 Å². The molecule has 8 heteroatoms. The molecule has 0 saturated carbocycles. The number of ether oxygens (including phenoxy) is 1. The third-order valence-electron chi connectivity index (χ3n) is 6.49. The number of benzene rings is 2. The standard InChI is InChI=1S/C28H37ClN2O4S/c1-35-28(32)15-9-3-8-14-26-21-25(30-36(33,34)27-18-16-24(29)17-19-27)22-31(26)20-10-4-7-13-23-11-5-2-6-12-23/h2,5-6,8,11-12,14,16-19,25-26,30H,3-4,7,9-10,13,15,20-22H2,1H3/b14-8-/t25-,26-/m1/s1. The summed E-state index contributed by atoms with van der Waals surface area (Å²) in [6.07, 6.45) is 11.3. The van der Waals surface area contributed by atoms with Crippen LogP contribution in [0.25, 0.3) is 0 Å². The first-order valence-corrected chi connectivity index (χ1v) is 14.5. The molecule has 36 heavy (non-hydrogen) atoms. The molecule has 0 amide bonds. The normalized spacial score (nSPS) is 18.6. The Hall–Kier alpha value is -2.19. The summed E-state index contributed by atoms with van der Waals surface area (Å²) in [6, 6.07) is 16.8. The monoisotopic (exact) mass is 532 g/mol. The number of unbranched alkanes of at least 4 members (excludes halogenated alkanes) is 3. The number of allylic oxidation sites excluding steroid dienone is 1. The fraction of sp³-hybridized carbons (Fsp3) is 0.464. The number of esters is 1. The molecule has 2 aromatic rings. The molecule has 0 radical (unpaired) electrons. The second kappa shape index (κ2) is 14.5. The predicted octanol–water partition coefficient (Wildman–Crippen LogP) is 5.37. The van der Waals surface area contributed by atoms with Gasteiger partial charge in [0.05, 0.1) is 12.0 Å². The number of carbonyl (C=O) groups is 1. The molecular weight excluding hydrogens is 496 g/mol. The molecule has 0 aromatic heterocycles. The molecule has 1 aliphatic rings. The molecule has 196 valence electrons. The van der Waals surface area contributed by atoms with E-state index in [2.05, 4.69) is 46.0 Å². The molecule has 6 nitrogen and oxygen atoms in total. The number of hydrogen-bond acceptors (Lipinski definition) is 5. The van der Waals surface area contributed by atoms with E-state index in [1.165, 1.54) is 24.8 Å². The van der Waals surface area contributed by atoms with Gasteiger partial charge in [-0.05, 0) is 74.9 Å². The molecule has 0 spiro atoms. The van der Waals surface area contributed by atoms with Crippen molar-refractivity contribution in [3.05, 3.63) is 77.3 Å². The molecule has 0 unspecified atom stereocenters. The van der Waals surface area contributed by atoms with Crippen molar-refractivity contribution in [3.8, 4) is 0 Å². The van der Waals surface area contributed by atoms with Crippen LogP contribution in [0.15, 0.2) is 71.6 Å². The molecule has 0 bridgehead atoms. The van der Waals surface area contributed by atoms with Crippen LogP contribution >= 0.6 is 11.6 Å². The van der Waals surface area contributed by atoms with Gasteiger partial charge < -0.3 is 4.74 Å². The third-order valence-corrected chi connectivity index (χ3v) is 8.28. The van der Waals surface area contributed by atoms with Crippen molar-refractivity contribution in [2.75, 3.05) is 20.2 Å². The predicted molar refractivity (Wildman–Crippen MR) is 145 cm³/mol. The van der Waals surface area contributed by atoms with Crippen LogP contribution in [-0.4, -0.2) is 51.6 Å². The van der Waals surface area contributed by atoms with E-state index in [0.29, 0.717) is 24.4 Å². The topological polar surface area (TPSA) is 75.7 Å². The van der Waals surface area contributed by atoms with Gasteiger partial charge in [-0.25, -0.2) is 13.1 Å². The van der Waals surface area contributed by atoms with Crippen molar-refractivity contribution in [2.45, 2.75) is 68.3 Å². The summed E-state index contributed by atoms with van der Waals surface area (Å²) in [4.78, 5) is 13.9. The number of nitrogens with zero attached hydrogens (tertiary/aromatic N) is 1. The highest BCUT2D eigenvalue weighted by Crippen LogP contribution is 2.23. The van der Waals surface area contributed by atoms with E-state index in [-0.39, 0.29) is 22.9 Å². The fourth-order valence-electron chi connectivity index (χ4n) is 4.56. The lowest BCUT2D eigenvalue weighted by molar-refractivity contribution is -0.140. The van der Waals surface area contributed by atoms with Crippen molar-refractivity contribution in [2.24, 2.45) is 0 Å². The van der Waals surface area contributed by atoms with Gasteiger partial charge in [-0.3, -0.25) is 9.69 Å². The van der Waals surface area contributed by atoms with Gasteiger partial charge >= 0.3 is 5.97 Å². The lowest BCUT2D eigenvalue weighted by Gasteiger charge is -2.21. The van der Waals surface area contributed by atoms with Gasteiger partial charge in [0.25, 0.3) is 0 Å². The molecule has 1 saturated heterocycles. The molecule has 1 N–H and O–H groups in total. The zero-order valence-corrected chi connectivity index (χ0v) is 22.5. The van der Waals surface area contributed by atoms with Crippen LogP contribution in [0.1, 0.15) is 50.5 Å². The summed E-state index contributed by atoms with van der Waals surface area (Å²) in [5.74, 6) is -0.196. The minimum Gasteiger partial charge on any atom is -0.469 e. The highest BCUT2D eigenvalue weighted by Gasteiger charge is 2.32. The average molecular weight is 533 g/mol. The van der Waals surface area contributed by atoms with Crippen molar-refractivity contribution < 1.29 is 17.9 Å². The number of carbonyl (C=O) groups excluding carboxylic acids is 1. The van der Waals surface area contributed by atoms with E-state index in [1.807, 2.05) is 6.07 Å². The maximum Gasteiger partial charge on any atom is 0.305 e. The van der Waals surface area contributed by atoms with Crippen molar-refractivity contribution >= 4 is 27.6 Å². The Labute approximate surface area is 220 Å². The second-order valence-corrected chi connectivity index (χ2v) is 11.4. The average Bonchev–Trinajstić information content (AvgIpc) is 3.24. The van der Waals surface area contributed by atoms with Gasteiger partial charge in [-0.1, -0.05) is 60.5 Å². The number of aryl methyl sites for hydroxylation is 1. The van der Waals surface area contributed by atoms with Crippen LogP contribution in [0.3, 0.4) is 0 Å². The Morgan fingerprint density at radius 3 is 2.56 bits per heavy atom. The highest BCUT2D eigenvalue weighted by atomic mass is 35.5. The Morgan fingerprint density at radius 2 is 1.83 bits per heavy atom. The smallest absolute Gasteiger partial charge is 0.305 e. The summed E-state index contributed by atoms with van der Waals surface area (Å²) in [7, 11) is -2.22. The van der Waals surface area contributed by atoms with Gasteiger partial charge in [0.15, 0.2) is 0 Å². The Bertz CT molecular complexity index is 1070.